The van der Waals surface area contributed by atoms with Crippen molar-refractivity contribution in [2.75, 3.05) is 26.2 Å². The Balaban J connectivity index is 1.43. The van der Waals surface area contributed by atoms with Crippen LogP contribution in [0.15, 0.2) is 58.0 Å². The van der Waals surface area contributed by atoms with Crippen LogP contribution in [0, 0.1) is 0 Å². The van der Waals surface area contributed by atoms with Crippen molar-refractivity contribution in [1.82, 2.24) is 19.4 Å². The minimum atomic E-state index is -0.592. The smallest absolute Gasteiger partial charge is 0.408 e. The number of amides is 1. The summed E-state index contributed by atoms with van der Waals surface area (Å²) in [6.07, 6.45) is 3.64. The molecule has 3 aromatic rings. The van der Waals surface area contributed by atoms with Crippen LogP contribution in [0.1, 0.15) is 18.5 Å². The summed E-state index contributed by atoms with van der Waals surface area (Å²) in [4.78, 5) is 33.5. The fraction of sp³-hybridized carbons (Fsp3) is 0.350. The molecular formula is C20H22N4O3. The van der Waals surface area contributed by atoms with Crippen LogP contribution >= 0.6 is 0 Å². The molecule has 140 valence electrons. The Morgan fingerprint density at radius 2 is 1.93 bits per heavy atom. The maximum absolute atomic E-state index is 13.0. The highest BCUT2D eigenvalue weighted by molar-refractivity contribution is 5.83. The second kappa shape index (κ2) is 7.36. The number of fused-ring (bicyclic) bond motifs is 1. The predicted molar refractivity (Wildman–Crippen MR) is 101 cm³/mol. The van der Waals surface area contributed by atoms with Gasteiger partial charge in [0.2, 0.25) is 5.91 Å². The molecule has 7 nitrogen and oxygen atoms in total. The highest BCUT2D eigenvalue weighted by Crippen LogP contribution is 2.19. The van der Waals surface area contributed by atoms with Crippen molar-refractivity contribution >= 4 is 17.0 Å². The lowest BCUT2D eigenvalue weighted by Crippen LogP contribution is -2.50. The van der Waals surface area contributed by atoms with Gasteiger partial charge in [0, 0.05) is 45.1 Å². The molecule has 0 spiro atoms. The van der Waals surface area contributed by atoms with Gasteiger partial charge in [0.25, 0.3) is 0 Å². The third-order valence-corrected chi connectivity index (χ3v) is 5.08. The molecule has 27 heavy (non-hydrogen) atoms. The van der Waals surface area contributed by atoms with Gasteiger partial charge < -0.3 is 9.32 Å². The van der Waals surface area contributed by atoms with Gasteiger partial charge in [0.1, 0.15) is 6.04 Å². The van der Waals surface area contributed by atoms with E-state index in [9.17, 15) is 9.59 Å². The maximum Gasteiger partial charge on any atom is 0.420 e. The van der Waals surface area contributed by atoms with E-state index in [1.807, 2.05) is 29.3 Å². The van der Waals surface area contributed by atoms with Gasteiger partial charge in [0.15, 0.2) is 5.58 Å². The fourth-order valence-corrected chi connectivity index (χ4v) is 3.60. The zero-order valence-corrected chi connectivity index (χ0v) is 15.2. The third kappa shape index (κ3) is 3.50. The molecule has 0 N–H and O–H groups in total. The molecule has 1 saturated heterocycles. The first-order valence-corrected chi connectivity index (χ1v) is 9.13. The molecule has 1 fully saturated rings. The number of oxazole rings is 1. The molecule has 1 aliphatic rings. The van der Waals surface area contributed by atoms with Gasteiger partial charge in [-0.2, -0.15) is 0 Å². The number of hydrogen-bond donors (Lipinski definition) is 0. The Bertz CT molecular complexity index is 987. The van der Waals surface area contributed by atoms with E-state index in [1.54, 1.807) is 25.3 Å². The molecule has 7 heteroatoms. The molecular weight excluding hydrogens is 344 g/mol. The number of aromatic nitrogens is 2. The first-order valence-electron chi connectivity index (χ1n) is 9.13. The molecule has 4 rings (SSSR count). The minimum absolute atomic E-state index is 0.0512. The molecule has 0 radical (unpaired) electrons. The van der Waals surface area contributed by atoms with Crippen LogP contribution in [0.4, 0.5) is 0 Å². The quantitative estimate of drug-likeness (QED) is 0.705. The van der Waals surface area contributed by atoms with Crippen LogP contribution in [-0.4, -0.2) is 51.4 Å². The summed E-state index contributed by atoms with van der Waals surface area (Å²) < 4.78 is 6.71. The van der Waals surface area contributed by atoms with Crippen molar-refractivity contribution < 1.29 is 9.21 Å². The van der Waals surface area contributed by atoms with Crippen LogP contribution in [0.3, 0.4) is 0 Å². The zero-order valence-electron chi connectivity index (χ0n) is 15.2. The number of carbonyl (C=O) groups excluding carboxylic acids is 1. The molecule has 1 aromatic carbocycles. The SMILES string of the molecule is CC(C(=O)N1CCN(Cc2cccnc2)CC1)n1c(=O)oc2ccccc21. The van der Waals surface area contributed by atoms with E-state index in [4.69, 9.17) is 4.42 Å². The average molecular weight is 366 g/mol. The molecule has 0 saturated carbocycles. The van der Waals surface area contributed by atoms with Crippen molar-refractivity contribution in [3.05, 3.63) is 64.9 Å². The number of hydrogen-bond acceptors (Lipinski definition) is 5. The Hall–Kier alpha value is -2.93. The van der Waals surface area contributed by atoms with Gasteiger partial charge in [-0.25, -0.2) is 4.79 Å². The third-order valence-electron chi connectivity index (χ3n) is 5.08. The van der Waals surface area contributed by atoms with E-state index in [0.29, 0.717) is 24.2 Å². The predicted octanol–water partition coefficient (Wildman–Crippen LogP) is 1.89. The second-order valence-electron chi connectivity index (χ2n) is 6.84. The Kier molecular flexibility index (Phi) is 4.77. The van der Waals surface area contributed by atoms with Gasteiger partial charge in [-0.1, -0.05) is 18.2 Å². The number of para-hydroxylation sites is 2. The van der Waals surface area contributed by atoms with Crippen LogP contribution in [0.25, 0.3) is 11.1 Å². The van der Waals surface area contributed by atoms with Crippen LogP contribution in [-0.2, 0) is 11.3 Å². The molecule has 0 aliphatic carbocycles. The second-order valence-corrected chi connectivity index (χ2v) is 6.84. The lowest BCUT2D eigenvalue weighted by Gasteiger charge is -2.36. The van der Waals surface area contributed by atoms with Crippen molar-refractivity contribution in [3.63, 3.8) is 0 Å². The van der Waals surface area contributed by atoms with Crippen molar-refractivity contribution in [3.8, 4) is 0 Å². The number of pyridine rings is 1. The monoisotopic (exact) mass is 366 g/mol. The Labute approximate surface area is 156 Å². The molecule has 0 bridgehead atoms. The molecule has 1 atom stereocenters. The van der Waals surface area contributed by atoms with Crippen molar-refractivity contribution in [2.24, 2.45) is 0 Å². The summed E-state index contributed by atoms with van der Waals surface area (Å²) in [5.41, 5.74) is 2.32. The summed E-state index contributed by atoms with van der Waals surface area (Å²) in [6, 6.07) is 10.6. The van der Waals surface area contributed by atoms with Gasteiger partial charge in [-0.15, -0.1) is 0 Å². The summed E-state index contributed by atoms with van der Waals surface area (Å²) in [5.74, 6) is -0.544. The van der Waals surface area contributed by atoms with Crippen molar-refractivity contribution in [2.45, 2.75) is 19.5 Å². The Morgan fingerprint density at radius 1 is 1.15 bits per heavy atom. The van der Waals surface area contributed by atoms with E-state index >= 15 is 0 Å². The van der Waals surface area contributed by atoms with Crippen LogP contribution in [0.2, 0.25) is 0 Å². The zero-order chi connectivity index (χ0) is 18.8. The van der Waals surface area contributed by atoms with E-state index in [-0.39, 0.29) is 5.91 Å². The number of rotatable bonds is 4. The van der Waals surface area contributed by atoms with Crippen LogP contribution < -0.4 is 5.76 Å². The number of piperazine rings is 1. The molecule has 1 amide bonds. The summed E-state index contributed by atoms with van der Waals surface area (Å²) in [5, 5.41) is 0. The first kappa shape index (κ1) is 17.5. The van der Waals surface area contributed by atoms with Crippen LogP contribution in [0.5, 0.6) is 0 Å². The van der Waals surface area contributed by atoms with E-state index in [2.05, 4.69) is 16.0 Å². The summed E-state index contributed by atoms with van der Waals surface area (Å²) in [7, 11) is 0. The number of carbonyl (C=O) groups is 1. The number of benzene rings is 1. The fourth-order valence-electron chi connectivity index (χ4n) is 3.60. The van der Waals surface area contributed by atoms with E-state index in [0.717, 1.165) is 19.6 Å². The minimum Gasteiger partial charge on any atom is -0.408 e. The topological polar surface area (TPSA) is 71.6 Å². The van der Waals surface area contributed by atoms with Gasteiger partial charge >= 0.3 is 5.76 Å². The van der Waals surface area contributed by atoms with Gasteiger partial charge in [-0.05, 0) is 30.7 Å². The van der Waals surface area contributed by atoms with Gasteiger partial charge in [0.05, 0.1) is 5.52 Å². The van der Waals surface area contributed by atoms with E-state index < -0.39 is 11.8 Å². The summed E-state index contributed by atoms with van der Waals surface area (Å²) in [6.45, 7) is 5.48. The molecule has 1 unspecified atom stereocenters. The molecule has 3 heterocycles. The lowest BCUT2D eigenvalue weighted by atomic mass is 10.2. The molecule has 2 aromatic heterocycles. The van der Waals surface area contributed by atoms with E-state index in [1.165, 1.54) is 10.1 Å². The number of nitrogens with zero attached hydrogens (tertiary/aromatic N) is 4. The maximum atomic E-state index is 13.0. The normalized spacial score (nSPS) is 16.6. The highest BCUT2D eigenvalue weighted by Gasteiger charge is 2.28. The largest absolute Gasteiger partial charge is 0.420 e. The standard InChI is InChI=1S/C20H22N4O3/c1-15(24-17-6-2-3-7-18(17)27-20(24)26)19(25)23-11-9-22(10-12-23)14-16-5-4-8-21-13-16/h2-8,13,15H,9-12,14H2,1H3. The van der Waals surface area contributed by atoms with Gasteiger partial charge in [-0.3, -0.25) is 19.2 Å². The average Bonchev–Trinajstić information content (AvgIpc) is 3.04. The first-order chi connectivity index (χ1) is 13.1. The Morgan fingerprint density at radius 3 is 2.67 bits per heavy atom. The lowest BCUT2D eigenvalue weighted by molar-refractivity contribution is -0.136. The summed E-state index contributed by atoms with van der Waals surface area (Å²) >= 11 is 0. The molecule has 1 aliphatic heterocycles. The highest BCUT2D eigenvalue weighted by atomic mass is 16.4. The van der Waals surface area contributed by atoms with Crippen molar-refractivity contribution in [1.29, 1.82) is 0 Å².